The molecule has 0 saturated carbocycles. The Balaban J connectivity index is 1.48. The lowest BCUT2D eigenvalue weighted by molar-refractivity contribution is -0.153. The summed E-state index contributed by atoms with van der Waals surface area (Å²) in [4.78, 5) is 28.9. The minimum Gasteiger partial charge on any atom is -0.354 e. The van der Waals surface area contributed by atoms with Gasteiger partial charge in [0.05, 0.1) is 12.6 Å². The third-order valence-electron chi connectivity index (χ3n) is 6.69. The number of fused-ring (bicyclic) bond motifs is 4. The van der Waals surface area contributed by atoms with Gasteiger partial charge in [0.25, 0.3) is 0 Å². The quantitative estimate of drug-likeness (QED) is 0.837. The van der Waals surface area contributed by atoms with Crippen LogP contribution in [0.15, 0.2) is 12.3 Å². The highest BCUT2D eigenvalue weighted by Crippen LogP contribution is 2.41. The van der Waals surface area contributed by atoms with E-state index in [-0.39, 0.29) is 17.9 Å². The summed E-state index contributed by atoms with van der Waals surface area (Å²) < 4.78 is 2.07. The zero-order chi connectivity index (χ0) is 19.0. The minimum atomic E-state index is -0.0139. The van der Waals surface area contributed by atoms with Gasteiger partial charge in [-0.15, -0.1) is 0 Å². The standard InChI is InChI=1S/C20H31N5O2/c1-14-6-7-22-24(14)9-8-23-12-16-10-17(13-23)19(11-21-15(2)26)25-18(16)4-3-5-20(25)27/h6-7,16-19H,3-5,8-13H2,1-2H3,(H,21,26)/t16-,17+,18+,19+/m1/s1. The summed E-state index contributed by atoms with van der Waals surface area (Å²) in [6, 6.07) is 2.52. The molecule has 1 aromatic heterocycles. The first-order valence-corrected chi connectivity index (χ1v) is 10.3. The zero-order valence-electron chi connectivity index (χ0n) is 16.4. The molecule has 3 aliphatic rings. The lowest BCUT2D eigenvalue weighted by Gasteiger charge is -2.56. The molecule has 7 heteroatoms. The summed E-state index contributed by atoms with van der Waals surface area (Å²) in [7, 11) is 0. The van der Waals surface area contributed by atoms with E-state index in [1.807, 2.05) is 12.3 Å². The number of nitrogens with one attached hydrogen (secondary N) is 1. The van der Waals surface area contributed by atoms with Crippen molar-refractivity contribution in [2.24, 2.45) is 11.8 Å². The number of aryl methyl sites for hydroxylation is 1. The van der Waals surface area contributed by atoms with Crippen molar-refractivity contribution in [3.63, 3.8) is 0 Å². The predicted octanol–water partition coefficient (Wildman–Crippen LogP) is 1.03. The lowest BCUT2D eigenvalue weighted by atomic mass is 9.72. The number of hydrogen-bond acceptors (Lipinski definition) is 4. The topological polar surface area (TPSA) is 70.5 Å². The molecule has 0 radical (unpaired) electrons. The Morgan fingerprint density at radius 3 is 2.85 bits per heavy atom. The first kappa shape index (κ1) is 18.5. The number of hydrogen-bond donors (Lipinski definition) is 1. The number of likely N-dealkylation sites (tertiary alicyclic amines) is 1. The largest absolute Gasteiger partial charge is 0.354 e. The van der Waals surface area contributed by atoms with Crippen LogP contribution in [0.5, 0.6) is 0 Å². The molecular weight excluding hydrogens is 342 g/mol. The van der Waals surface area contributed by atoms with Crippen LogP contribution in [0.4, 0.5) is 0 Å². The Morgan fingerprint density at radius 2 is 2.11 bits per heavy atom. The van der Waals surface area contributed by atoms with Crippen molar-refractivity contribution in [2.45, 2.75) is 58.2 Å². The molecule has 0 unspecified atom stereocenters. The fourth-order valence-corrected chi connectivity index (χ4v) is 5.43. The molecule has 1 N–H and O–H groups in total. The van der Waals surface area contributed by atoms with Crippen molar-refractivity contribution in [1.82, 2.24) is 24.9 Å². The fourth-order valence-electron chi connectivity index (χ4n) is 5.43. The summed E-state index contributed by atoms with van der Waals surface area (Å²) in [5, 5.41) is 7.38. The van der Waals surface area contributed by atoms with Crippen LogP contribution < -0.4 is 5.32 Å². The molecule has 2 bridgehead atoms. The Labute approximate surface area is 161 Å². The molecule has 2 amide bonds. The summed E-state index contributed by atoms with van der Waals surface area (Å²) in [5.74, 6) is 1.27. The second kappa shape index (κ2) is 7.62. The van der Waals surface area contributed by atoms with Crippen molar-refractivity contribution < 1.29 is 9.59 Å². The van der Waals surface area contributed by atoms with Crippen LogP contribution in [0.2, 0.25) is 0 Å². The smallest absolute Gasteiger partial charge is 0.223 e. The Bertz CT molecular complexity index is 702. The van der Waals surface area contributed by atoms with Gasteiger partial charge in [0.15, 0.2) is 0 Å². The molecule has 3 saturated heterocycles. The fraction of sp³-hybridized carbons (Fsp3) is 0.750. The van der Waals surface area contributed by atoms with Gasteiger partial charge in [-0.25, -0.2) is 0 Å². The van der Waals surface area contributed by atoms with E-state index >= 15 is 0 Å². The average Bonchev–Trinajstić information content (AvgIpc) is 3.05. The molecule has 3 fully saturated rings. The summed E-state index contributed by atoms with van der Waals surface area (Å²) >= 11 is 0. The van der Waals surface area contributed by atoms with Gasteiger partial charge in [-0.1, -0.05) is 0 Å². The Hall–Kier alpha value is -1.89. The molecule has 0 aromatic carbocycles. The van der Waals surface area contributed by atoms with Crippen LogP contribution >= 0.6 is 0 Å². The van der Waals surface area contributed by atoms with Crippen LogP contribution in [-0.4, -0.2) is 69.7 Å². The maximum atomic E-state index is 12.7. The van der Waals surface area contributed by atoms with Crippen LogP contribution in [-0.2, 0) is 16.1 Å². The van der Waals surface area contributed by atoms with Gasteiger partial charge < -0.3 is 15.1 Å². The molecule has 7 nitrogen and oxygen atoms in total. The third-order valence-corrected chi connectivity index (χ3v) is 6.69. The maximum Gasteiger partial charge on any atom is 0.223 e. The Morgan fingerprint density at radius 1 is 1.30 bits per heavy atom. The Kier molecular flexibility index (Phi) is 5.21. The van der Waals surface area contributed by atoms with Gasteiger partial charge in [-0.2, -0.15) is 5.10 Å². The van der Waals surface area contributed by atoms with Gasteiger partial charge in [-0.05, 0) is 44.1 Å². The van der Waals surface area contributed by atoms with Crippen LogP contribution in [0.25, 0.3) is 0 Å². The predicted molar refractivity (Wildman–Crippen MR) is 102 cm³/mol. The normalized spacial score (nSPS) is 30.9. The summed E-state index contributed by atoms with van der Waals surface area (Å²) in [5.41, 5.74) is 1.19. The number of piperidine rings is 3. The lowest BCUT2D eigenvalue weighted by Crippen LogP contribution is -2.67. The van der Waals surface area contributed by atoms with E-state index in [4.69, 9.17) is 0 Å². The highest BCUT2D eigenvalue weighted by Gasteiger charge is 2.49. The maximum absolute atomic E-state index is 12.7. The van der Waals surface area contributed by atoms with Crippen molar-refractivity contribution in [3.05, 3.63) is 18.0 Å². The number of aromatic nitrogens is 2. The van der Waals surface area contributed by atoms with E-state index in [1.165, 1.54) is 12.1 Å². The number of amides is 2. The van der Waals surface area contributed by atoms with Gasteiger partial charge in [0.1, 0.15) is 0 Å². The monoisotopic (exact) mass is 373 g/mol. The molecule has 27 heavy (non-hydrogen) atoms. The molecule has 3 aliphatic heterocycles. The van der Waals surface area contributed by atoms with E-state index in [0.717, 1.165) is 39.0 Å². The average molecular weight is 374 g/mol. The second-order valence-electron chi connectivity index (χ2n) is 8.48. The molecule has 4 atom stereocenters. The van der Waals surface area contributed by atoms with E-state index < -0.39 is 0 Å². The van der Waals surface area contributed by atoms with Gasteiger partial charge >= 0.3 is 0 Å². The molecule has 1 aromatic rings. The van der Waals surface area contributed by atoms with Crippen LogP contribution in [0, 0.1) is 18.8 Å². The van der Waals surface area contributed by atoms with E-state index in [2.05, 4.69) is 31.8 Å². The molecule has 4 heterocycles. The molecule has 0 aliphatic carbocycles. The number of rotatable bonds is 5. The number of carbonyl (C=O) groups excluding carboxylic acids is 2. The molecule has 148 valence electrons. The highest BCUT2D eigenvalue weighted by molar-refractivity contribution is 5.78. The van der Waals surface area contributed by atoms with Crippen molar-refractivity contribution >= 4 is 11.8 Å². The van der Waals surface area contributed by atoms with Crippen molar-refractivity contribution in [3.8, 4) is 0 Å². The third kappa shape index (κ3) is 3.74. The van der Waals surface area contributed by atoms with Gasteiger partial charge in [0.2, 0.25) is 11.8 Å². The van der Waals surface area contributed by atoms with E-state index in [1.54, 1.807) is 6.92 Å². The van der Waals surface area contributed by atoms with Crippen LogP contribution in [0.1, 0.15) is 38.3 Å². The summed E-state index contributed by atoms with van der Waals surface area (Å²) in [6.45, 7) is 8.19. The van der Waals surface area contributed by atoms with Gasteiger partial charge in [0, 0.05) is 57.5 Å². The van der Waals surface area contributed by atoms with E-state index in [0.29, 0.717) is 30.8 Å². The zero-order valence-corrected chi connectivity index (χ0v) is 16.4. The first-order valence-electron chi connectivity index (χ1n) is 10.3. The highest BCUT2D eigenvalue weighted by atomic mass is 16.2. The first-order chi connectivity index (χ1) is 13.0. The molecule has 0 spiro atoms. The SMILES string of the molecule is CC(=O)NC[C@H]1[C@H]2C[C@H](CN(CCn3nccc3C)C2)[C@@H]2CCCC(=O)N21. The molecular formula is C20H31N5O2. The van der Waals surface area contributed by atoms with Crippen molar-refractivity contribution in [2.75, 3.05) is 26.2 Å². The number of nitrogens with zero attached hydrogens (tertiary/aromatic N) is 4. The minimum absolute atomic E-state index is 0.0139. The molecule has 4 rings (SSSR count). The number of carbonyl (C=O) groups is 2. The summed E-state index contributed by atoms with van der Waals surface area (Å²) in [6.07, 6.45) is 5.80. The van der Waals surface area contributed by atoms with E-state index in [9.17, 15) is 9.59 Å². The second-order valence-corrected chi connectivity index (χ2v) is 8.48. The van der Waals surface area contributed by atoms with Crippen LogP contribution in [0.3, 0.4) is 0 Å². The van der Waals surface area contributed by atoms with Crippen molar-refractivity contribution in [1.29, 1.82) is 0 Å². The van der Waals surface area contributed by atoms with Gasteiger partial charge in [-0.3, -0.25) is 14.3 Å².